The fourth-order valence-corrected chi connectivity index (χ4v) is 4.89. The van der Waals surface area contributed by atoms with Crippen molar-refractivity contribution in [3.8, 4) is 17.2 Å². The first-order chi connectivity index (χ1) is 19.6. The van der Waals surface area contributed by atoms with E-state index in [0.717, 1.165) is 77.8 Å². The predicted molar refractivity (Wildman–Crippen MR) is 153 cm³/mol. The van der Waals surface area contributed by atoms with Gasteiger partial charge < -0.3 is 19.5 Å². The maximum absolute atomic E-state index is 6.14. The quantitative estimate of drug-likeness (QED) is 0.276. The third-order valence-electron chi connectivity index (χ3n) is 7.00. The van der Waals surface area contributed by atoms with Gasteiger partial charge in [0, 0.05) is 37.7 Å². The molecule has 1 N–H and O–H groups in total. The molecule has 0 amide bonds. The molecule has 0 spiro atoms. The lowest BCUT2D eigenvalue weighted by Crippen LogP contribution is -2.39. The van der Waals surface area contributed by atoms with Crippen LogP contribution in [0.15, 0.2) is 61.3 Å². The first kappa shape index (κ1) is 25.7. The molecule has 40 heavy (non-hydrogen) atoms. The van der Waals surface area contributed by atoms with Crippen LogP contribution < -0.4 is 14.8 Å². The zero-order valence-electron chi connectivity index (χ0n) is 22.7. The van der Waals surface area contributed by atoms with E-state index < -0.39 is 0 Å². The number of nitrogens with one attached hydrogen (secondary N) is 1. The monoisotopic (exact) mass is 539 g/mol. The van der Waals surface area contributed by atoms with Crippen molar-refractivity contribution >= 4 is 40.0 Å². The van der Waals surface area contributed by atoms with Crippen LogP contribution in [-0.4, -0.2) is 87.3 Å². The number of hydrogen-bond acceptors (Lipinski definition) is 9. The zero-order valence-corrected chi connectivity index (χ0v) is 22.7. The van der Waals surface area contributed by atoms with Crippen molar-refractivity contribution in [1.29, 1.82) is 0 Å². The van der Waals surface area contributed by atoms with Gasteiger partial charge in [0.1, 0.15) is 30.0 Å². The van der Waals surface area contributed by atoms with Gasteiger partial charge in [0.05, 0.1) is 37.7 Å². The van der Waals surface area contributed by atoms with E-state index in [1.807, 2.05) is 49.5 Å². The van der Waals surface area contributed by atoms with Crippen LogP contribution in [0.25, 0.3) is 16.6 Å². The second-order valence-electron chi connectivity index (χ2n) is 9.54. The van der Waals surface area contributed by atoms with Crippen molar-refractivity contribution in [2.45, 2.75) is 6.92 Å². The summed E-state index contributed by atoms with van der Waals surface area (Å²) < 4.78 is 21.3. The smallest absolute Gasteiger partial charge is 0.248 e. The van der Waals surface area contributed by atoms with Gasteiger partial charge in [0.25, 0.3) is 0 Å². The number of benzene rings is 2. The molecule has 6 rings (SSSR count). The minimum absolute atomic E-state index is 0.674. The van der Waals surface area contributed by atoms with Gasteiger partial charge in [-0.15, -0.1) is 0 Å². The molecule has 204 valence electrons. The minimum atomic E-state index is 0.674. The number of ether oxygens (including phenoxy) is 3. The fraction of sp³-hybridized carbons (Fsp3) is 0.276. The molecule has 4 heterocycles. The highest BCUT2D eigenvalue weighted by molar-refractivity contribution is 5.98. The molecule has 0 fully saturated rings. The highest BCUT2D eigenvalue weighted by atomic mass is 16.5. The van der Waals surface area contributed by atoms with E-state index in [4.69, 9.17) is 14.2 Å². The summed E-state index contributed by atoms with van der Waals surface area (Å²) in [7, 11) is 3.43. The van der Waals surface area contributed by atoms with Crippen LogP contribution in [0.4, 0.5) is 17.2 Å². The molecule has 0 unspecified atom stereocenters. The van der Waals surface area contributed by atoms with Crippen LogP contribution >= 0.6 is 0 Å². The maximum atomic E-state index is 6.14. The number of pyridine rings is 1. The second kappa shape index (κ2) is 11.2. The maximum Gasteiger partial charge on any atom is 0.248 e. The van der Waals surface area contributed by atoms with Gasteiger partial charge in [-0.3, -0.25) is 4.90 Å². The molecule has 0 atom stereocenters. The molecule has 11 nitrogen and oxygen atoms in total. The summed E-state index contributed by atoms with van der Waals surface area (Å²) in [6.45, 7) is 6.30. The molecule has 0 radical (unpaired) electrons. The van der Waals surface area contributed by atoms with Crippen molar-refractivity contribution in [3.63, 3.8) is 0 Å². The molecule has 1 aliphatic heterocycles. The number of nitrogens with zero attached hydrogens (tertiary/aromatic N) is 7. The van der Waals surface area contributed by atoms with Crippen LogP contribution in [0.3, 0.4) is 0 Å². The Bertz CT molecular complexity index is 1700. The fourth-order valence-electron chi connectivity index (χ4n) is 4.89. The summed E-state index contributed by atoms with van der Waals surface area (Å²) >= 11 is 0. The first-order valence-corrected chi connectivity index (χ1v) is 13.1. The first-order valence-electron chi connectivity index (χ1n) is 13.1. The van der Waals surface area contributed by atoms with Gasteiger partial charge in [-0.05, 0) is 42.8 Å². The van der Waals surface area contributed by atoms with Gasteiger partial charge >= 0.3 is 0 Å². The molecule has 1 aliphatic rings. The van der Waals surface area contributed by atoms with Crippen LogP contribution in [0.1, 0.15) is 5.56 Å². The van der Waals surface area contributed by atoms with Crippen molar-refractivity contribution in [2.24, 2.45) is 0 Å². The third kappa shape index (κ3) is 5.16. The summed E-state index contributed by atoms with van der Waals surface area (Å²) in [6, 6.07) is 13.7. The van der Waals surface area contributed by atoms with E-state index >= 15 is 0 Å². The molecule has 0 bridgehead atoms. The van der Waals surface area contributed by atoms with E-state index in [1.54, 1.807) is 25.1 Å². The van der Waals surface area contributed by atoms with E-state index in [-0.39, 0.29) is 0 Å². The zero-order chi connectivity index (χ0) is 27.5. The Labute approximate surface area is 231 Å². The van der Waals surface area contributed by atoms with Crippen LogP contribution in [-0.2, 0) is 4.74 Å². The van der Waals surface area contributed by atoms with Crippen molar-refractivity contribution in [1.82, 2.24) is 29.5 Å². The van der Waals surface area contributed by atoms with Crippen molar-refractivity contribution in [2.75, 3.05) is 52.3 Å². The second-order valence-corrected chi connectivity index (χ2v) is 9.54. The number of aryl methyl sites for hydroxylation is 1. The normalized spacial score (nSPS) is 13.9. The van der Waals surface area contributed by atoms with E-state index in [0.29, 0.717) is 11.6 Å². The Morgan fingerprint density at radius 2 is 1.95 bits per heavy atom. The van der Waals surface area contributed by atoms with E-state index in [9.17, 15) is 0 Å². The number of fused-ring (bicyclic) bond motifs is 2. The molecule has 2 aromatic carbocycles. The van der Waals surface area contributed by atoms with E-state index in [1.165, 1.54) is 6.33 Å². The summed E-state index contributed by atoms with van der Waals surface area (Å²) in [4.78, 5) is 15.7. The third-order valence-corrected chi connectivity index (χ3v) is 7.00. The molecule has 0 aliphatic carbocycles. The Kier molecular flexibility index (Phi) is 7.21. The molecule has 5 aromatic rings. The Morgan fingerprint density at radius 1 is 1.02 bits per heavy atom. The molecule has 0 saturated carbocycles. The summed E-state index contributed by atoms with van der Waals surface area (Å²) in [6.07, 6.45) is 7.10. The molecule has 11 heteroatoms. The highest BCUT2D eigenvalue weighted by Crippen LogP contribution is 2.39. The average molecular weight is 540 g/mol. The number of hydrogen-bond donors (Lipinski definition) is 1. The van der Waals surface area contributed by atoms with Crippen LogP contribution in [0.5, 0.6) is 17.2 Å². The topological polar surface area (TPSA) is 102 Å². The molecular formula is C29H31N8O3+. The van der Waals surface area contributed by atoms with Crippen LogP contribution in [0.2, 0.25) is 0 Å². The average Bonchev–Trinajstić information content (AvgIpc) is 3.45. The molecule has 0 saturated heterocycles. The number of aromatic nitrogens is 5. The number of methoxy groups -OCH3 is 2. The standard InChI is InChI=1S/C29H31N8O3/c1-20-16-21(4-7-25(20)40-22-8-9-37-26(17-22)31-19-33-37)34-29-27-23(30-18-32-29)5-6-24(28(27)39-3)36-12-10-35(11-13-36)14-15-38-2/h4-9,12,16-19H,10-11,13-15H2,1-3H3,(H,30,32,34)/q+1. The van der Waals surface area contributed by atoms with Gasteiger partial charge in [-0.25, -0.2) is 19.5 Å². The number of anilines is 2. The Hall–Kier alpha value is -4.61. The van der Waals surface area contributed by atoms with Gasteiger partial charge in [-0.1, -0.05) is 0 Å². The highest BCUT2D eigenvalue weighted by Gasteiger charge is 2.25. The molecule has 3 aromatic heterocycles. The lowest BCUT2D eigenvalue weighted by Gasteiger charge is -2.23. The largest absolute Gasteiger partial charge is 0.490 e. The van der Waals surface area contributed by atoms with Gasteiger partial charge in [-0.2, -0.15) is 9.67 Å². The lowest BCUT2D eigenvalue weighted by atomic mass is 10.1. The van der Waals surface area contributed by atoms with Crippen molar-refractivity contribution in [3.05, 3.63) is 66.9 Å². The lowest BCUT2D eigenvalue weighted by molar-refractivity contribution is -0.444. The summed E-state index contributed by atoms with van der Waals surface area (Å²) in [5, 5.41) is 8.43. The molecular weight excluding hydrogens is 508 g/mol. The summed E-state index contributed by atoms with van der Waals surface area (Å²) in [5.74, 6) is 2.86. The Morgan fingerprint density at radius 3 is 2.75 bits per heavy atom. The Balaban J connectivity index is 1.27. The summed E-state index contributed by atoms with van der Waals surface area (Å²) in [5.41, 5.74) is 4.37. The van der Waals surface area contributed by atoms with Gasteiger partial charge in [0.15, 0.2) is 18.4 Å². The van der Waals surface area contributed by atoms with Gasteiger partial charge in [0.2, 0.25) is 11.4 Å². The predicted octanol–water partition coefficient (Wildman–Crippen LogP) is 4.20. The minimum Gasteiger partial charge on any atom is -0.490 e. The van der Waals surface area contributed by atoms with Crippen LogP contribution in [0, 0.1) is 6.92 Å². The van der Waals surface area contributed by atoms with E-state index in [2.05, 4.69) is 47.1 Å². The van der Waals surface area contributed by atoms with Crippen molar-refractivity contribution < 1.29 is 18.8 Å². The number of rotatable bonds is 9. The SMILES string of the molecule is COCCN1CC=[N+](c2ccc3ncnc(Nc4ccc(Oc5ccn6ncnc6c5)c(C)c4)c3c2OC)CC1.